The zero-order valence-electron chi connectivity index (χ0n) is 8.36. The zero-order chi connectivity index (χ0) is 9.97. The maximum atomic E-state index is 11.1. The molecule has 1 aromatic heterocycles. The average Bonchev–Trinajstić information content (AvgIpc) is 2.19. The first kappa shape index (κ1) is 9.19. The predicted octanol–water partition coefficient (Wildman–Crippen LogP) is 1.56. The molecular weight excluding hydrogens is 176 g/mol. The maximum absolute atomic E-state index is 11.1. The van der Waals surface area contributed by atoms with E-state index in [1.54, 1.807) is 0 Å². The van der Waals surface area contributed by atoms with Gasteiger partial charge in [-0.15, -0.1) is 0 Å². The Bertz CT molecular complexity index is 339. The third-order valence-corrected chi connectivity index (χ3v) is 2.52. The van der Waals surface area contributed by atoms with E-state index in [0.717, 1.165) is 24.6 Å². The highest BCUT2D eigenvalue weighted by molar-refractivity contribution is 5.80. The molecule has 0 radical (unpaired) electrons. The van der Waals surface area contributed by atoms with Crippen molar-refractivity contribution in [2.75, 3.05) is 18.0 Å². The highest BCUT2D eigenvalue weighted by atomic mass is 16.1. The average molecular weight is 190 g/mol. The third-order valence-electron chi connectivity index (χ3n) is 2.52. The first-order chi connectivity index (χ1) is 6.75. The van der Waals surface area contributed by atoms with Crippen molar-refractivity contribution >= 4 is 11.6 Å². The van der Waals surface area contributed by atoms with Crippen LogP contribution in [0.25, 0.3) is 0 Å². The molecule has 0 aromatic carbocycles. The van der Waals surface area contributed by atoms with E-state index in [2.05, 4.69) is 9.88 Å². The first-order valence-corrected chi connectivity index (χ1v) is 4.96. The normalized spacial score (nSPS) is 17.2. The Hall–Kier alpha value is -1.38. The SMILES string of the molecule is Cc1cccc(N2CCC(=O)CC2)n1. The molecule has 1 saturated heterocycles. The van der Waals surface area contributed by atoms with Gasteiger partial charge >= 0.3 is 0 Å². The van der Waals surface area contributed by atoms with Gasteiger partial charge in [0.15, 0.2) is 0 Å². The van der Waals surface area contributed by atoms with Crippen LogP contribution in [-0.4, -0.2) is 23.9 Å². The van der Waals surface area contributed by atoms with E-state index in [9.17, 15) is 4.79 Å². The van der Waals surface area contributed by atoms with Gasteiger partial charge in [0, 0.05) is 31.6 Å². The van der Waals surface area contributed by atoms with Gasteiger partial charge in [0.2, 0.25) is 0 Å². The zero-order valence-corrected chi connectivity index (χ0v) is 8.36. The Balaban J connectivity index is 2.12. The fourth-order valence-electron chi connectivity index (χ4n) is 1.69. The van der Waals surface area contributed by atoms with Gasteiger partial charge in [-0.25, -0.2) is 4.98 Å². The van der Waals surface area contributed by atoms with Crippen molar-refractivity contribution in [2.24, 2.45) is 0 Å². The van der Waals surface area contributed by atoms with Crippen molar-refractivity contribution in [3.05, 3.63) is 23.9 Å². The number of ketones is 1. The summed E-state index contributed by atoms with van der Waals surface area (Å²) < 4.78 is 0. The van der Waals surface area contributed by atoms with Crippen LogP contribution < -0.4 is 4.90 Å². The molecule has 0 N–H and O–H groups in total. The molecule has 0 amide bonds. The second-order valence-corrected chi connectivity index (χ2v) is 3.66. The van der Waals surface area contributed by atoms with Crippen molar-refractivity contribution < 1.29 is 4.79 Å². The van der Waals surface area contributed by atoms with Crippen LogP contribution in [0.3, 0.4) is 0 Å². The number of hydrogen-bond acceptors (Lipinski definition) is 3. The minimum absolute atomic E-state index is 0.369. The molecule has 3 nitrogen and oxygen atoms in total. The number of aryl methyl sites for hydroxylation is 1. The smallest absolute Gasteiger partial charge is 0.136 e. The number of anilines is 1. The standard InChI is InChI=1S/C11H14N2O/c1-9-3-2-4-11(12-9)13-7-5-10(14)6-8-13/h2-4H,5-8H2,1H3. The van der Waals surface area contributed by atoms with Crippen molar-refractivity contribution in [3.8, 4) is 0 Å². The molecule has 1 aromatic rings. The van der Waals surface area contributed by atoms with E-state index in [4.69, 9.17) is 0 Å². The molecule has 1 aliphatic rings. The second-order valence-electron chi connectivity index (χ2n) is 3.66. The molecule has 0 atom stereocenters. The highest BCUT2D eigenvalue weighted by Gasteiger charge is 2.16. The number of Topliss-reactive ketones (excluding diaryl/α,β-unsaturated/α-hetero) is 1. The van der Waals surface area contributed by atoms with Gasteiger partial charge in [-0.3, -0.25) is 4.79 Å². The molecule has 2 rings (SSSR count). The lowest BCUT2D eigenvalue weighted by molar-refractivity contribution is -0.119. The number of aromatic nitrogens is 1. The van der Waals surface area contributed by atoms with Crippen LogP contribution >= 0.6 is 0 Å². The van der Waals surface area contributed by atoms with Crippen LogP contribution in [-0.2, 0) is 4.79 Å². The fraction of sp³-hybridized carbons (Fsp3) is 0.455. The van der Waals surface area contributed by atoms with Crippen molar-refractivity contribution in [1.82, 2.24) is 4.98 Å². The van der Waals surface area contributed by atoms with E-state index in [1.807, 2.05) is 25.1 Å². The van der Waals surface area contributed by atoms with E-state index >= 15 is 0 Å². The van der Waals surface area contributed by atoms with Gasteiger partial charge in [0.25, 0.3) is 0 Å². The number of nitrogens with zero attached hydrogens (tertiary/aromatic N) is 2. The third kappa shape index (κ3) is 1.92. The summed E-state index contributed by atoms with van der Waals surface area (Å²) in [5.74, 6) is 1.37. The van der Waals surface area contributed by atoms with Gasteiger partial charge < -0.3 is 4.90 Å². The molecule has 3 heteroatoms. The molecule has 0 aliphatic carbocycles. The number of pyridine rings is 1. The van der Waals surface area contributed by atoms with Crippen molar-refractivity contribution in [2.45, 2.75) is 19.8 Å². The van der Waals surface area contributed by atoms with E-state index in [-0.39, 0.29) is 0 Å². The molecule has 14 heavy (non-hydrogen) atoms. The number of carbonyl (C=O) groups is 1. The summed E-state index contributed by atoms with van der Waals surface area (Å²) in [5.41, 5.74) is 1.03. The number of carbonyl (C=O) groups excluding carboxylic acids is 1. The summed E-state index contributed by atoms with van der Waals surface area (Å²) in [6, 6.07) is 6.00. The lowest BCUT2D eigenvalue weighted by Gasteiger charge is -2.27. The number of rotatable bonds is 1. The summed E-state index contributed by atoms with van der Waals surface area (Å²) >= 11 is 0. The quantitative estimate of drug-likeness (QED) is 0.673. The summed E-state index contributed by atoms with van der Waals surface area (Å²) in [7, 11) is 0. The largest absolute Gasteiger partial charge is 0.356 e. The summed E-state index contributed by atoms with van der Waals surface area (Å²) in [4.78, 5) is 17.7. The van der Waals surface area contributed by atoms with Gasteiger partial charge in [0.1, 0.15) is 11.6 Å². The van der Waals surface area contributed by atoms with E-state index in [0.29, 0.717) is 18.6 Å². The Morgan fingerprint density at radius 1 is 1.29 bits per heavy atom. The van der Waals surface area contributed by atoms with Gasteiger partial charge in [-0.1, -0.05) is 6.07 Å². The van der Waals surface area contributed by atoms with Crippen LogP contribution in [0.2, 0.25) is 0 Å². The van der Waals surface area contributed by atoms with Crippen molar-refractivity contribution in [1.29, 1.82) is 0 Å². The Kier molecular flexibility index (Phi) is 2.48. The molecule has 0 spiro atoms. The van der Waals surface area contributed by atoms with E-state index < -0.39 is 0 Å². The predicted molar refractivity (Wildman–Crippen MR) is 55.4 cm³/mol. The second kappa shape index (κ2) is 3.78. The Labute approximate surface area is 83.8 Å². The topological polar surface area (TPSA) is 33.2 Å². The lowest BCUT2D eigenvalue weighted by Crippen LogP contribution is -2.34. The van der Waals surface area contributed by atoms with Crippen LogP contribution in [0.5, 0.6) is 0 Å². The Morgan fingerprint density at radius 3 is 2.64 bits per heavy atom. The van der Waals surface area contributed by atoms with Crippen molar-refractivity contribution in [3.63, 3.8) is 0 Å². The number of hydrogen-bond donors (Lipinski definition) is 0. The van der Waals surface area contributed by atoms with Gasteiger partial charge in [-0.05, 0) is 19.1 Å². The molecular formula is C11H14N2O. The van der Waals surface area contributed by atoms with Gasteiger partial charge in [0.05, 0.1) is 0 Å². The van der Waals surface area contributed by atoms with Crippen LogP contribution in [0, 0.1) is 6.92 Å². The molecule has 0 unspecified atom stereocenters. The monoisotopic (exact) mass is 190 g/mol. The van der Waals surface area contributed by atoms with Crippen LogP contribution in [0.1, 0.15) is 18.5 Å². The molecule has 1 fully saturated rings. The summed E-state index contributed by atoms with van der Waals surface area (Å²) in [5, 5.41) is 0. The lowest BCUT2D eigenvalue weighted by atomic mass is 10.1. The van der Waals surface area contributed by atoms with Crippen LogP contribution in [0.15, 0.2) is 18.2 Å². The number of piperidine rings is 1. The van der Waals surface area contributed by atoms with E-state index in [1.165, 1.54) is 0 Å². The van der Waals surface area contributed by atoms with Gasteiger partial charge in [-0.2, -0.15) is 0 Å². The maximum Gasteiger partial charge on any atom is 0.136 e. The molecule has 0 saturated carbocycles. The van der Waals surface area contributed by atoms with Crippen LogP contribution in [0.4, 0.5) is 5.82 Å². The Morgan fingerprint density at radius 2 is 2.00 bits per heavy atom. The molecule has 74 valence electrons. The molecule has 1 aliphatic heterocycles. The fourth-order valence-corrected chi connectivity index (χ4v) is 1.69. The highest BCUT2D eigenvalue weighted by Crippen LogP contribution is 2.15. The molecule has 0 bridgehead atoms. The minimum atomic E-state index is 0.369. The first-order valence-electron chi connectivity index (χ1n) is 4.96. The molecule has 2 heterocycles. The minimum Gasteiger partial charge on any atom is -0.356 e. The summed E-state index contributed by atoms with van der Waals surface area (Å²) in [6.45, 7) is 3.61. The summed E-state index contributed by atoms with van der Waals surface area (Å²) in [6.07, 6.45) is 1.32.